The fraction of sp³-hybridized carbons (Fsp3) is 0.357. The molecule has 1 aromatic carbocycles. The lowest BCUT2D eigenvalue weighted by molar-refractivity contribution is 0.581. The fourth-order valence-electron chi connectivity index (χ4n) is 2.09. The van der Waals surface area contributed by atoms with Gasteiger partial charge in [0.25, 0.3) is 0 Å². The highest BCUT2D eigenvalue weighted by Crippen LogP contribution is 2.32. The second-order valence-corrected chi connectivity index (χ2v) is 5.29. The minimum Gasteiger partial charge on any atom is -0.388 e. The van der Waals surface area contributed by atoms with Crippen molar-refractivity contribution >= 4 is 24.2 Å². The summed E-state index contributed by atoms with van der Waals surface area (Å²) >= 11 is 10.4. The van der Waals surface area contributed by atoms with Crippen LogP contribution in [0.15, 0.2) is 35.5 Å². The topological polar surface area (TPSA) is 35.8 Å². The third-order valence-corrected chi connectivity index (χ3v) is 3.91. The number of hydrogen-bond donors (Lipinski definition) is 2. The average molecular weight is 279 g/mol. The standard InChI is InChI=1S/C14H15ClN2S/c15-11-6-4-10(5-7-11)14(18)12(9-16)13-3-1-2-8-17-13/h4-7,14,17-18H,1-3,8H2/b13-12+. The van der Waals surface area contributed by atoms with Crippen molar-refractivity contribution < 1.29 is 0 Å². The van der Waals surface area contributed by atoms with Gasteiger partial charge >= 0.3 is 0 Å². The maximum Gasteiger partial charge on any atom is 0.0980 e. The highest BCUT2D eigenvalue weighted by molar-refractivity contribution is 7.80. The van der Waals surface area contributed by atoms with Crippen molar-refractivity contribution in [2.75, 3.05) is 6.54 Å². The molecule has 2 rings (SSSR count). The maximum atomic E-state index is 9.34. The summed E-state index contributed by atoms with van der Waals surface area (Å²) in [5, 5.41) is 13.2. The highest BCUT2D eigenvalue weighted by Gasteiger charge is 2.18. The first-order valence-electron chi connectivity index (χ1n) is 6.03. The van der Waals surface area contributed by atoms with Gasteiger partial charge in [0.1, 0.15) is 0 Å². The number of halogens is 1. The second-order valence-electron chi connectivity index (χ2n) is 4.34. The van der Waals surface area contributed by atoms with Crippen LogP contribution in [0.1, 0.15) is 30.1 Å². The van der Waals surface area contributed by atoms with E-state index in [9.17, 15) is 5.26 Å². The first-order valence-corrected chi connectivity index (χ1v) is 6.92. The smallest absolute Gasteiger partial charge is 0.0980 e. The van der Waals surface area contributed by atoms with Crippen LogP contribution in [0.25, 0.3) is 0 Å². The predicted molar refractivity (Wildman–Crippen MR) is 77.7 cm³/mol. The molecule has 94 valence electrons. The molecule has 1 aromatic rings. The molecule has 0 saturated carbocycles. The van der Waals surface area contributed by atoms with Crippen LogP contribution in [0.3, 0.4) is 0 Å². The third-order valence-electron chi connectivity index (χ3n) is 3.10. The predicted octanol–water partition coefficient (Wildman–Crippen LogP) is 3.86. The van der Waals surface area contributed by atoms with Gasteiger partial charge in [0.05, 0.1) is 16.9 Å². The summed E-state index contributed by atoms with van der Waals surface area (Å²) in [7, 11) is 0. The van der Waals surface area contributed by atoms with Crippen LogP contribution in [0, 0.1) is 11.3 Å². The Labute approximate surface area is 118 Å². The normalized spacial score (nSPS) is 19.6. The first kappa shape index (κ1) is 13.3. The Kier molecular flexibility index (Phi) is 4.57. The van der Waals surface area contributed by atoms with Gasteiger partial charge in [0, 0.05) is 17.3 Å². The van der Waals surface area contributed by atoms with Gasteiger partial charge in [0.2, 0.25) is 0 Å². The lowest BCUT2D eigenvalue weighted by atomic mass is 9.99. The molecule has 0 aliphatic carbocycles. The lowest BCUT2D eigenvalue weighted by Crippen LogP contribution is -2.22. The summed E-state index contributed by atoms with van der Waals surface area (Å²) in [6, 6.07) is 9.78. The Morgan fingerprint density at radius 2 is 2.06 bits per heavy atom. The molecule has 1 heterocycles. The molecule has 1 unspecified atom stereocenters. The molecule has 2 nitrogen and oxygen atoms in total. The Hall–Kier alpha value is -1.11. The van der Waals surface area contributed by atoms with Crippen molar-refractivity contribution in [2.45, 2.75) is 24.5 Å². The number of nitriles is 1. The fourth-order valence-corrected chi connectivity index (χ4v) is 2.60. The molecule has 0 aromatic heterocycles. The van der Waals surface area contributed by atoms with E-state index in [1.807, 2.05) is 24.3 Å². The third kappa shape index (κ3) is 3.01. The van der Waals surface area contributed by atoms with Crippen molar-refractivity contribution in [3.05, 3.63) is 46.1 Å². The van der Waals surface area contributed by atoms with Crippen molar-refractivity contribution in [3.63, 3.8) is 0 Å². The minimum atomic E-state index is -0.187. The van der Waals surface area contributed by atoms with E-state index in [2.05, 4.69) is 24.0 Å². The summed E-state index contributed by atoms with van der Waals surface area (Å²) in [4.78, 5) is 0. The molecular formula is C14H15ClN2S. The molecule has 0 bridgehead atoms. The van der Waals surface area contributed by atoms with Gasteiger partial charge in [-0.3, -0.25) is 0 Å². The van der Waals surface area contributed by atoms with Gasteiger partial charge in [-0.1, -0.05) is 23.7 Å². The largest absolute Gasteiger partial charge is 0.388 e. The van der Waals surface area contributed by atoms with E-state index in [1.165, 1.54) is 6.42 Å². The molecule has 0 spiro atoms. The van der Waals surface area contributed by atoms with Crippen LogP contribution in [0.2, 0.25) is 5.02 Å². The molecule has 1 atom stereocenters. The van der Waals surface area contributed by atoms with Crippen LogP contribution in [-0.4, -0.2) is 6.54 Å². The van der Waals surface area contributed by atoms with Crippen LogP contribution < -0.4 is 5.32 Å². The zero-order valence-corrected chi connectivity index (χ0v) is 11.6. The maximum absolute atomic E-state index is 9.34. The Bertz CT molecular complexity index is 480. The molecular weight excluding hydrogens is 264 g/mol. The molecule has 1 N–H and O–H groups in total. The number of piperidine rings is 1. The Balaban J connectivity index is 2.27. The number of allylic oxidation sites excluding steroid dienone is 1. The summed E-state index contributed by atoms with van der Waals surface area (Å²) in [6.45, 7) is 0.946. The summed E-state index contributed by atoms with van der Waals surface area (Å²) in [5.74, 6) is 0. The summed E-state index contributed by atoms with van der Waals surface area (Å²) < 4.78 is 0. The van der Waals surface area contributed by atoms with Gasteiger partial charge < -0.3 is 5.32 Å². The van der Waals surface area contributed by atoms with E-state index in [0.717, 1.165) is 36.2 Å². The van der Waals surface area contributed by atoms with E-state index in [4.69, 9.17) is 11.6 Å². The van der Waals surface area contributed by atoms with E-state index in [-0.39, 0.29) is 5.25 Å². The van der Waals surface area contributed by atoms with Crippen molar-refractivity contribution in [1.82, 2.24) is 5.32 Å². The first-order chi connectivity index (χ1) is 8.72. The number of rotatable bonds is 2. The molecule has 0 amide bonds. The van der Waals surface area contributed by atoms with Crippen molar-refractivity contribution in [2.24, 2.45) is 0 Å². The van der Waals surface area contributed by atoms with E-state index >= 15 is 0 Å². The molecule has 18 heavy (non-hydrogen) atoms. The van der Waals surface area contributed by atoms with Crippen LogP contribution in [0.5, 0.6) is 0 Å². The quantitative estimate of drug-likeness (QED) is 0.636. The van der Waals surface area contributed by atoms with Gasteiger partial charge in [-0.15, -0.1) is 0 Å². The summed E-state index contributed by atoms with van der Waals surface area (Å²) in [5.41, 5.74) is 2.76. The number of thiol groups is 1. The van der Waals surface area contributed by atoms with Crippen LogP contribution in [-0.2, 0) is 0 Å². The molecule has 1 aliphatic rings. The van der Waals surface area contributed by atoms with Crippen molar-refractivity contribution in [1.29, 1.82) is 5.26 Å². The zero-order valence-electron chi connectivity index (χ0n) is 9.99. The van der Waals surface area contributed by atoms with Crippen molar-refractivity contribution in [3.8, 4) is 6.07 Å². The molecule has 1 fully saturated rings. The van der Waals surface area contributed by atoms with E-state index < -0.39 is 0 Å². The SMILES string of the molecule is N#C/C(=C1/CCCCN1)C(S)c1ccc(Cl)cc1. The highest BCUT2D eigenvalue weighted by atomic mass is 35.5. The summed E-state index contributed by atoms with van der Waals surface area (Å²) in [6.07, 6.45) is 3.24. The van der Waals surface area contributed by atoms with Gasteiger partial charge in [-0.25, -0.2) is 0 Å². The second kappa shape index (κ2) is 6.17. The van der Waals surface area contributed by atoms with E-state index in [0.29, 0.717) is 5.02 Å². The molecule has 0 radical (unpaired) electrons. The molecule has 4 heteroatoms. The van der Waals surface area contributed by atoms with Crippen LogP contribution in [0.4, 0.5) is 0 Å². The number of benzene rings is 1. The van der Waals surface area contributed by atoms with Gasteiger partial charge in [-0.2, -0.15) is 17.9 Å². The van der Waals surface area contributed by atoms with Crippen LogP contribution >= 0.6 is 24.2 Å². The minimum absolute atomic E-state index is 0.187. The monoisotopic (exact) mass is 278 g/mol. The molecule has 1 saturated heterocycles. The Morgan fingerprint density at radius 3 is 2.61 bits per heavy atom. The lowest BCUT2D eigenvalue weighted by Gasteiger charge is -2.21. The van der Waals surface area contributed by atoms with Gasteiger partial charge in [0.15, 0.2) is 0 Å². The van der Waals surface area contributed by atoms with E-state index in [1.54, 1.807) is 0 Å². The number of nitrogens with zero attached hydrogens (tertiary/aromatic N) is 1. The number of nitrogens with one attached hydrogen (secondary N) is 1. The zero-order chi connectivity index (χ0) is 13.0. The molecule has 1 aliphatic heterocycles. The van der Waals surface area contributed by atoms with Gasteiger partial charge in [-0.05, 0) is 37.0 Å². The number of hydrogen-bond acceptors (Lipinski definition) is 3. The Morgan fingerprint density at radius 1 is 1.33 bits per heavy atom. The average Bonchev–Trinajstić information content (AvgIpc) is 2.41.